The quantitative estimate of drug-likeness (QED) is 0.917. The average molecular weight is 301 g/mol. The van der Waals surface area contributed by atoms with E-state index in [-0.39, 0.29) is 16.2 Å². The van der Waals surface area contributed by atoms with Gasteiger partial charge in [0.1, 0.15) is 16.9 Å². The van der Waals surface area contributed by atoms with E-state index in [1.807, 2.05) is 0 Å². The highest BCUT2D eigenvalue weighted by Gasteiger charge is 2.23. The Morgan fingerprint density at radius 3 is 2.20 bits per heavy atom. The number of carboxylic acids is 1. The van der Waals surface area contributed by atoms with Gasteiger partial charge in [0.25, 0.3) is 0 Å². The van der Waals surface area contributed by atoms with Crippen molar-refractivity contribution in [3.63, 3.8) is 0 Å². The average Bonchev–Trinajstić information content (AvgIpc) is 2.26. The summed E-state index contributed by atoms with van der Waals surface area (Å²) in [5, 5.41) is 9.20. The lowest BCUT2D eigenvalue weighted by molar-refractivity contribution is 0.0680. The van der Waals surface area contributed by atoms with Crippen molar-refractivity contribution in [1.82, 2.24) is 4.31 Å². The van der Waals surface area contributed by atoms with Gasteiger partial charge in [0, 0.05) is 14.1 Å². The Morgan fingerprint density at radius 2 is 1.80 bits per heavy atom. The zero-order chi connectivity index (χ0) is 15.7. The number of nitrogens with zero attached hydrogens (tertiary/aromatic N) is 1. The number of ether oxygens (including phenoxy) is 1. The first kappa shape index (κ1) is 16.5. The smallest absolute Gasteiger partial charge is 0.339 e. The molecule has 1 aromatic rings. The summed E-state index contributed by atoms with van der Waals surface area (Å²) in [4.78, 5) is 11.2. The molecular formula is C13H19NO5S. The molecule has 0 amide bonds. The van der Waals surface area contributed by atoms with Gasteiger partial charge in [-0.2, -0.15) is 0 Å². The van der Waals surface area contributed by atoms with Crippen LogP contribution in [-0.4, -0.2) is 43.5 Å². The number of sulfonamides is 1. The summed E-state index contributed by atoms with van der Waals surface area (Å²) in [6.45, 7) is 5.34. The lowest BCUT2D eigenvalue weighted by Crippen LogP contribution is -2.25. The molecule has 7 heteroatoms. The third-order valence-corrected chi connectivity index (χ3v) is 4.19. The van der Waals surface area contributed by atoms with Crippen LogP contribution in [0, 0.1) is 0 Å². The number of carboxylic acid groups (broad SMARTS) is 1. The first-order valence-electron chi connectivity index (χ1n) is 5.94. The standard InChI is InChI=1S/C13H19NO5S/c1-13(2,3)19-11-7-6-9(8-10(11)12(15)16)20(17,18)14(4)5/h6-8H,1-5H3,(H,15,16). The van der Waals surface area contributed by atoms with Gasteiger partial charge in [-0.05, 0) is 39.0 Å². The summed E-state index contributed by atoms with van der Waals surface area (Å²) in [6, 6.07) is 3.81. The van der Waals surface area contributed by atoms with Gasteiger partial charge in [0.05, 0.1) is 4.90 Å². The fourth-order valence-electron chi connectivity index (χ4n) is 1.47. The highest BCUT2D eigenvalue weighted by molar-refractivity contribution is 7.89. The van der Waals surface area contributed by atoms with Gasteiger partial charge in [-0.1, -0.05) is 0 Å². The molecule has 20 heavy (non-hydrogen) atoms. The molecule has 0 saturated heterocycles. The van der Waals surface area contributed by atoms with Crippen LogP contribution in [0.5, 0.6) is 5.75 Å². The number of benzene rings is 1. The summed E-state index contributed by atoms with van der Waals surface area (Å²) >= 11 is 0. The molecule has 6 nitrogen and oxygen atoms in total. The Labute approximate surface area is 119 Å². The van der Waals surface area contributed by atoms with Crippen molar-refractivity contribution in [3.05, 3.63) is 23.8 Å². The molecule has 0 aliphatic carbocycles. The van der Waals surface area contributed by atoms with E-state index in [0.29, 0.717) is 0 Å². The summed E-state index contributed by atoms with van der Waals surface area (Å²) in [6.07, 6.45) is 0. The molecule has 1 rings (SSSR count). The van der Waals surface area contributed by atoms with Crippen molar-refractivity contribution in [2.75, 3.05) is 14.1 Å². The lowest BCUT2D eigenvalue weighted by atomic mass is 10.1. The van der Waals surface area contributed by atoms with Crippen molar-refractivity contribution in [2.24, 2.45) is 0 Å². The Morgan fingerprint density at radius 1 is 1.25 bits per heavy atom. The maximum atomic E-state index is 12.0. The SMILES string of the molecule is CN(C)S(=O)(=O)c1ccc(OC(C)(C)C)c(C(=O)O)c1. The van der Waals surface area contributed by atoms with E-state index in [0.717, 1.165) is 10.4 Å². The summed E-state index contributed by atoms with van der Waals surface area (Å²) in [5.41, 5.74) is -0.755. The lowest BCUT2D eigenvalue weighted by Gasteiger charge is -2.23. The third kappa shape index (κ3) is 3.71. The van der Waals surface area contributed by atoms with E-state index in [4.69, 9.17) is 4.74 Å². The Hall–Kier alpha value is -1.60. The van der Waals surface area contributed by atoms with Crippen molar-refractivity contribution >= 4 is 16.0 Å². The van der Waals surface area contributed by atoms with Crippen LogP contribution < -0.4 is 4.74 Å². The third-order valence-electron chi connectivity index (χ3n) is 2.38. The maximum Gasteiger partial charge on any atom is 0.339 e. The predicted molar refractivity (Wildman–Crippen MR) is 74.7 cm³/mol. The van der Waals surface area contributed by atoms with Crippen LogP contribution in [0.3, 0.4) is 0 Å². The van der Waals surface area contributed by atoms with E-state index in [1.54, 1.807) is 20.8 Å². The number of rotatable bonds is 4. The van der Waals surface area contributed by atoms with Crippen molar-refractivity contribution in [1.29, 1.82) is 0 Å². The molecule has 0 aliphatic heterocycles. The van der Waals surface area contributed by atoms with E-state index in [9.17, 15) is 18.3 Å². The summed E-state index contributed by atoms with van der Waals surface area (Å²) in [7, 11) is -0.910. The van der Waals surface area contributed by atoms with E-state index in [1.165, 1.54) is 26.2 Å². The molecule has 0 bridgehead atoms. The molecular weight excluding hydrogens is 282 g/mol. The zero-order valence-electron chi connectivity index (χ0n) is 12.2. The normalized spacial score (nSPS) is 12.5. The molecule has 0 spiro atoms. The number of carbonyl (C=O) groups is 1. The molecule has 0 aliphatic rings. The molecule has 0 unspecified atom stereocenters. The minimum Gasteiger partial charge on any atom is -0.487 e. The molecule has 0 fully saturated rings. The molecule has 1 aromatic carbocycles. The Bertz CT molecular complexity index is 614. The second-order valence-electron chi connectivity index (χ2n) is 5.46. The zero-order valence-corrected chi connectivity index (χ0v) is 13.0. The fourth-order valence-corrected chi connectivity index (χ4v) is 2.39. The van der Waals surface area contributed by atoms with Crippen LogP contribution in [0.4, 0.5) is 0 Å². The summed E-state index contributed by atoms with van der Waals surface area (Å²) < 4.78 is 30.6. The van der Waals surface area contributed by atoms with Crippen LogP contribution in [-0.2, 0) is 10.0 Å². The molecule has 0 heterocycles. The van der Waals surface area contributed by atoms with Crippen LogP contribution in [0.15, 0.2) is 23.1 Å². The van der Waals surface area contributed by atoms with Gasteiger partial charge in [-0.15, -0.1) is 0 Å². The molecule has 1 N–H and O–H groups in total. The van der Waals surface area contributed by atoms with Crippen LogP contribution in [0.1, 0.15) is 31.1 Å². The van der Waals surface area contributed by atoms with E-state index < -0.39 is 21.6 Å². The summed E-state index contributed by atoms with van der Waals surface area (Å²) in [5.74, 6) is -1.09. The van der Waals surface area contributed by atoms with Crippen molar-refractivity contribution in [3.8, 4) is 5.75 Å². The van der Waals surface area contributed by atoms with Crippen LogP contribution in [0.25, 0.3) is 0 Å². The van der Waals surface area contributed by atoms with Crippen molar-refractivity contribution < 1.29 is 23.1 Å². The molecule has 0 saturated carbocycles. The van der Waals surface area contributed by atoms with E-state index >= 15 is 0 Å². The fraction of sp³-hybridized carbons (Fsp3) is 0.462. The highest BCUT2D eigenvalue weighted by atomic mass is 32.2. The van der Waals surface area contributed by atoms with Gasteiger partial charge >= 0.3 is 5.97 Å². The first-order valence-corrected chi connectivity index (χ1v) is 7.38. The Balaban J connectivity index is 3.39. The number of hydrogen-bond donors (Lipinski definition) is 1. The number of hydrogen-bond acceptors (Lipinski definition) is 4. The second-order valence-corrected chi connectivity index (χ2v) is 7.62. The van der Waals surface area contributed by atoms with Crippen molar-refractivity contribution in [2.45, 2.75) is 31.3 Å². The van der Waals surface area contributed by atoms with E-state index in [2.05, 4.69) is 0 Å². The minimum absolute atomic E-state index is 0.0823. The topological polar surface area (TPSA) is 83.9 Å². The molecule has 112 valence electrons. The van der Waals surface area contributed by atoms with Gasteiger partial charge in [0.15, 0.2) is 0 Å². The minimum atomic E-state index is -3.68. The molecule has 0 radical (unpaired) electrons. The highest BCUT2D eigenvalue weighted by Crippen LogP contribution is 2.27. The maximum absolute atomic E-state index is 12.0. The molecule has 0 aromatic heterocycles. The van der Waals surface area contributed by atoms with Gasteiger partial charge in [-0.25, -0.2) is 17.5 Å². The van der Waals surface area contributed by atoms with Gasteiger partial charge < -0.3 is 9.84 Å². The first-order chi connectivity index (χ1) is 8.95. The monoisotopic (exact) mass is 301 g/mol. The Kier molecular flexibility index (Phi) is 4.45. The number of aromatic carboxylic acids is 1. The van der Waals surface area contributed by atoms with Crippen LogP contribution in [0.2, 0.25) is 0 Å². The largest absolute Gasteiger partial charge is 0.487 e. The molecule has 0 atom stereocenters. The predicted octanol–water partition coefficient (Wildman–Crippen LogP) is 1.81. The van der Waals surface area contributed by atoms with Crippen LogP contribution >= 0.6 is 0 Å². The second kappa shape index (κ2) is 5.41. The van der Waals surface area contributed by atoms with Gasteiger partial charge in [0.2, 0.25) is 10.0 Å². The van der Waals surface area contributed by atoms with Gasteiger partial charge in [-0.3, -0.25) is 0 Å².